The van der Waals surface area contributed by atoms with Gasteiger partial charge in [0.2, 0.25) is 0 Å². The van der Waals surface area contributed by atoms with Crippen molar-refractivity contribution in [1.29, 1.82) is 0 Å². The fourth-order valence-corrected chi connectivity index (χ4v) is 1.04. The second kappa shape index (κ2) is 3.03. The van der Waals surface area contributed by atoms with E-state index in [0.29, 0.717) is 5.82 Å². The van der Waals surface area contributed by atoms with E-state index in [1.165, 1.54) is 12.4 Å². The molecule has 1 rings (SSSR count). The lowest BCUT2D eigenvalue weighted by atomic mass is 10.5. The summed E-state index contributed by atoms with van der Waals surface area (Å²) in [5.74, 6) is 0.565. The molecule has 0 aliphatic rings. The van der Waals surface area contributed by atoms with Crippen LogP contribution in [0, 0.1) is 6.92 Å². The van der Waals surface area contributed by atoms with Crippen molar-refractivity contribution in [2.24, 2.45) is 5.14 Å². The zero-order chi connectivity index (χ0) is 9.19. The van der Waals surface area contributed by atoms with Crippen LogP contribution in [0.2, 0.25) is 0 Å². The third-order valence-electron chi connectivity index (χ3n) is 1.04. The zero-order valence-corrected chi connectivity index (χ0v) is 7.17. The molecule has 3 N–H and O–H groups in total. The molecule has 1 heterocycles. The highest BCUT2D eigenvalue weighted by molar-refractivity contribution is 7.90. The van der Waals surface area contributed by atoms with Gasteiger partial charge in [0.05, 0.1) is 18.1 Å². The first kappa shape index (κ1) is 8.88. The molecule has 0 unspecified atom stereocenters. The molecule has 0 saturated heterocycles. The van der Waals surface area contributed by atoms with Crippen molar-refractivity contribution < 1.29 is 8.42 Å². The molecule has 0 radical (unpaired) electrons. The Morgan fingerprint density at radius 1 is 1.42 bits per heavy atom. The number of nitrogens with one attached hydrogen (secondary N) is 1. The zero-order valence-electron chi connectivity index (χ0n) is 6.35. The van der Waals surface area contributed by atoms with Crippen molar-refractivity contribution in [3.63, 3.8) is 0 Å². The van der Waals surface area contributed by atoms with Crippen LogP contribution in [0.4, 0.5) is 5.69 Å². The number of anilines is 1. The molecule has 0 aromatic carbocycles. The van der Waals surface area contributed by atoms with E-state index in [1.54, 1.807) is 6.92 Å². The molecular formula is C5H8N4O2S. The van der Waals surface area contributed by atoms with Crippen LogP contribution in [0.1, 0.15) is 5.82 Å². The summed E-state index contributed by atoms with van der Waals surface area (Å²) in [6, 6.07) is 0. The molecule has 7 heteroatoms. The lowest BCUT2D eigenvalue weighted by molar-refractivity contribution is 0.603. The summed E-state index contributed by atoms with van der Waals surface area (Å²) in [7, 11) is -3.72. The monoisotopic (exact) mass is 188 g/mol. The molecule has 1 aromatic rings. The van der Waals surface area contributed by atoms with Gasteiger partial charge in [0.15, 0.2) is 0 Å². The Balaban J connectivity index is 2.85. The van der Waals surface area contributed by atoms with Crippen LogP contribution >= 0.6 is 0 Å². The van der Waals surface area contributed by atoms with Gasteiger partial charge in [0.1, 0.15) is 5.82 Å². The fourth-order valence-electron chi connectivity index (χ4n) is 0.610. The van der Waals surface area contributed by atoms with E-state index < -0.39 is 10.2 Å². The minimum atomic E-state index is -3.72. The van der Waals surface area contributed by atoms with Crippen LogP contribution in [0.3, 0.4) is 0 Å². The van der Waals surface area contributed by atoms with Crippen molar-refractivity contribution in [3.8, 4) is 0 Å². The number of rotatable bonds is 2. The van der Waals surface area contributed by atoms with Crippen LogP contribution in [0.15, 0.2) is 12.4 Å². The highest BCUT2D eigenvalue weighted by Crippen LogP contribution is 2.02. The second-order valence-corrected chi connectivity index (χ2v) is 3.46. The van der Waals surface area contributed by atoms with E-state index in [1.807, 2.05) is 4.72 Å². The smallest absolute Gasteiger partial charge is 0.268 e. The lowest BCUT2D eigenvalue weighted by Crippen LogP contribution is -2.21. The van der Waals surface area contributed by atoms with E-state index in [4.69, 9.17) is 5.14 Å². The van der Waals surface area contributed by atoms with Crippen molar-refractivity contribution in [3.05, 3.63) is 18.2 Å². The van der Waals surface area contributed by atoms with Gasteiger partial charge < -0.3 is 0 Å². The van der Waals surface area contributed by atoms with E-state index in [-0.39, 0.29) is 5.69 Å². The van der Waals surface area contributed by atoms with Crippen LogP contribution in [0.25, 0.3) is 0 Å². The first-order valence-electron chi connectivity index (χ1n) is 3.06. The summed E-state index contributed by atoms with van der Waals surface area (Å²) in [5, 5.41) is 4.71. The second-order valence-electron chi connectivity index (χ2n) is 2.17. The molecule has 0 fully saturated rings. The maximum Gasteiger partial charge on any atom is 0.296 e. The summed E-state index contributed by atoms with van der Waals surface area (Å²) in [6.45, 7) is 1.70. The molecule has 0 aliphatic carbocycles. The van der Waals surface area contributed by atoms with E-state index in [0.717, 1.165) is 0 Å². The molecule has 0 saturated carbocycles. The van der Waals surface area contributed by atoms with Crippen molar-refractivity contribution in [2.45, 2.75) is 6.92 Å². The van der Waals surface area contributed by atoms with Gasteiger partial charge in [-0.05, 0) is 6.92 Å². The normalized spacial score (nSPS) is 11.2. The average Bonchev–Trinajstić information content (AvgIpc) is 1.91. The topological polar surface area (TPSA) is 98.0 Å². The molecule has 6 nitrogen and oxygen atoms in total. The molecule has 12 heavy (non-hydrogen) atoms. The number of aromatic nitrogens is 2. The van der Waals surface area contributed by atoms with Crippen molar-refractivity contribution >= 4 is 15.9 Å². The Labute approximate surface area is 70.0 Å². The van der Waals surface area contributed by atoms with Gasteiger partial charge in [-0.25, -0.2) is 15.1 Å². The van der Waals surface area contributed by atoms with Gasteiger partial charge >= 0.3 is 0 Å². The van der Waals surface area contributed by atoms with E-state index in [9.17, 15) is 8.42 Å². The first-order valence-corrected chi connectivity index (χ1v) is 4.61. The predicted molar refractivity (Wildman–Crippen MR) is 43.5 cm³/mol. The van der Waals surface area contributed by atoms with Crippen LogP contribution < -0.4 is 9.86 Å². The minimum Gasteiger partial charge on any atom is -0.268 e. The quantitative estimate of drug-likeness (QED) is 0.647. The largest absolute Gasteiger partial charge is 0.296 e. The fraction of sp³-hybridized carbons (Fsp3) is 0.200. The number of nitrogens with two attached hydrogens (primary N) is 1. The third kappa shape index (κ3) is 2.81. The molecule has 66 valence electrons. The maximum absolute atomic E-state index is 10.5. The van der Waals surface area contributed by atoms with Gasteiger partial charge in [0, 0.05) is 0 Å². The van der Waals surface area contributed by atoms with Crippen molar-refractivity contribution in [2.75, 3.05) is 4.72 Å². The molecule has 0 aliphatic heterocycles. The number of nitrogens with zero attached hydrogens (tertiary/aromatic N) is 2. The Morgan fingerprint density at radius 3 is 2.33 bits per heavy atom. The van der Waals surface area contributed by atoms with Crippen molar-refractivity contribution in [1.82, 2.24) is 9.97 Å². The maximum atomic E-state index is 10.5. The Hall–Kier alpha value is -1.21. The van der Waals surface area contributed by atoms with Gasteiger partial charge in [-0.2, -0.15) is 8.42 Å². The number of hydrogen-bond acceptors (Lipinski definition) is 4. The number of hydrogen-bond donors (Lipinski definition) is 2. The van der Waals surface area contributed by atoms with Crippen LogP contribution in [-0.2, 0) is 10.2 Å². The minimum absolute atomic E-state index is 0.253. The Bertz CT molecular complexity index is 358. The van der Waals surface area contributed by atoms with Gasteiger partial charge in [0.25, 0.3) is 10.2 Å². The van der Waals surface area contributed by atoms with Gasteiger partial charge in [-0.15, -0.1) is 0 Å². The summed E-state index contributed by atoms with van der Waals surface area (Å²) in [4.78, 5) is 7.54. The third-order valence-corrected chi connectivity index (χ3v) is 1.56. The molecule has 0 bridgehead atoms. The summed E-state index contributed by atoms with van der Waals surface area (Å²) in [6.07, 6.45) is 2.68. The van der Waals surface area contributed by atoms with E-state index >= 15 is 0 Å². The lowest BCUT2D eigenvalue weighted by Gasteiger charge is -2.00. The average molecular weight is 188 g/mol. The highest BCUT2D eigenvalue weighted by atomic mass is 32.2. The summed E-state index contributed by atoms with van der Waals surface area (Å²) in [5.41, 5.74) is 0.253. The van der Waals surface area contributed by atoms with E-state index in [2.05, 4.69) is 9.97 Å². The summed E-state index contributed by atoms with van der Waals surface area (Å²) >= 11 is 0. The molecule has 0 amide bonds. The van der Waals surface area contributed by atoms with Crippen LogP contribution in [0.5, 0.6) is 0 Å². The van der Waals surface area contributed by atoms with Gasteiger partial charge in [-0.1, -0.05) is 0 Å². The molecule has 0 atom stereocenters. The Morgan fingerprint density at radius 2 is 1.92 bits per heavy atom. The number of aryl methyl sites for hydroxylation is 1. The SMILES string of the molecule is Cc1ncc(NS(N)(=O)=O)cn1. The Kier molecular flexibility index (Phi) is 2.25. The molecule has 0 spiro atoms. The first-order chi connectivity index (χ1) is 5.47. The molecule has 1 aromatic heterocycles. The van der Waals surface area contributed by atoms with Gasteiger partial charge in [-0.3, -0.25) is 4.72 Å². The highest BCUT2D eigenvalue weighted by Gasteiger charge is 2.01. The molecular weight excluding hydrogens is 180 g/mol. The standard InChI is InChI=1S/C5H8N4O2S/c1-4-7-2-5(3-8-4)9-12(6,10)11/h2-3,9H,1H3,(H2,6,10,11). The summed E-state index contributed by atoms with van der Waals surface area (Å²) < 4.78 is 23.0. The van der Waals surface area contributed by atoms with Crippen LogP contribution in [-0.4, -0.2) is 18.4 Å². The predicted octanol–water partition coefficient (Wildman–Crippen LogP) is -0.600.